The molecule has 8 heteroatoms. The predicted molar refractivity (Wildman–Crippen MR) is 79.6 cm³/mol. The second kappa shape index (κ2) is 6.47. The van der Waals surface area contributed by atoms with Gasteiger partial charge in [-0.1, -0.05) is 6.92 Å². The summed E-state index contributed by atoms with van der Waals surface area (Å²) in [5.74, 6) is 1.81. The van der Waals surface area contributed by atoms with E-state index in [9.17, 15) is 0 Å². The van der Waals surface area contributed by atoms with E-state index < -0.39 is 0 Å². The molecule has 3 rings (SSSR count). The minimum atomic E-state index is 0.502. The van der Waals surface area contributed by atoms with Gasteiger partial charge in [0.2, 0.25) is 11.9 Å². The van der Waals surface area contributed by atoms with Crippen molar-refractivity contribution in [1.82, 2.24) is 29.7 Å². The number of piperidine rings is 1. The van der Waals surface area contributed by atoms with Crippen molar-refractivity contribution in [2.24, 2.45) is 0 Å². The van der Waals surface area contributed by atoms with Crippen molar-refractivity contribution in [2.45, 2.75) is 32.6 Å². The quantitative estimate of drug-likeness (QED) is 0.886. The maximum absolute atomic E-state index is 4.54. The molecule has 1 aliphatic rings. The summed E-state index contributed by atoms with van der Waals surface area (Å²) in [6.45, 7) is 4.93. The molecular weight excluding hydrogens is 268 g/mol. The second-order valence-electron chi connectivity index (χ2n) is 5.07. The standard InChI is InChI=1S/C13H20N8/c1-2-6-15-11-17-12(20-7-4-3-5-8-20)19-13(18-11)21-10-14-9-16-21/h9-10H,2-8H2,1H3,(H,15,17,18,19). The molecule has 0 aliphatic carbocycles. The summed E-state index contributed by atoms with van der Waals surface area (Å²) in [4.78, 5) is 19.6. The number of nitrogens with zero attached hydrogens (tertiary/aromatic N) is 7. The van der Waals surface area contributed by atoms with Gasteiger partial charge in [-0.05, 0) is 25.7 Å². The van der Waals surface area contributed by atoms with E-state index >= 15 is 0 Å². The van der Waals surface area contributed by atoms with Crippen LogP contribution in [-0.4, -0.2) is 49.4 Å². The fourth-order valence-electron chi connectivity index (χ4n) is 2.32. The highest BCUT2D eigenvalue weighted by molar-refractivity contribution is 5.40. The van der Waals surface area contributed by atoms with E-state index in [2.05, 4.69) is 42.2 Å². The van der Waals surface area contributed by atoms with Crippen molar-refractivity contribution < 1.29 is 0 Å². The zero-order chi connectivity index (χ0) is 14.5. The third-order valence-electron chi connectivity index (χ3n) is 3.41. The van der Waals surface area contributed by atoms with Crippen LogP contribution in [0.15, 0.2) is 12.7 Å². The molecule has 0 bridgehead atoms. The minimum Gasteiger partial charge on any atom is -0.354 e. The molecule has 0 amide bonds. The molecule has 21 heavy (non-hydrogen) atoms. The van der Waals surface area contributed by atoms with Crippen LogP contribution in [0.3, 0.4) is 0 Å². The Hall–Kier alpha value is -2.25. The topological polar surface area (TPSA) is 84.7 Å². The van der Waals surface area contributed by atoms with Crippen LogP contribution in [0, 0.1) is 0 Å². The molecule has 0 aromatic carbocycles. The van der Waals surface area contributed by atoms with Crippen molar-refractivity contribution in [1.29, 1.82) is 0 Å². The maximum atomic E-state index is 4.54. The van der Waals surface area contributed by atoms with Gasteiger partial charge in [0, 0.05) is 19.6 Å². The van der Waals surface area contributed by atoms with E-state index in [4.69, 9.17) is 0 Å². The summed E-state index contributed by atoms with van der Waals surface area (Å²) in [6, 6.07) is 0. The highest BCUT2D eigenvalue weighted by Crippen LogP contribution is 2.17. The third kappa shape index (κ3) is 3.26. The summed E-state index contributed by atoms with van der Waals surface area (Å²) in [5, 5.41) is 7.33. The van der Waals surface area contributed by atoms with Gasteiger partial charge in [0.1, 0.15) is 12.7 Å². The van der Waals surface area contributed by atoms with Gasteiger partial charge >= 0.3 is 0 Å². The molecule has 1 saturated heterocycles. The van der Waals surface area contributed by atoms with E-state index in [0.717, 1.165) is 26.1 Å². The van der Waals surface area contributed by atoms with Gasteiger partial charge < -0.3 is 10.2 Å². The number of aromatic nitrogens is 6. The van der Waals surface area contributed by atoms with Crippen molar-refractivity contribution in [3.8, 4) is 5.95 Å². The normalized spacial score (nSPS) is 15.2. The molecule has 2 aromatic heterocycles. The minimum absolute atomic E-state index is 0.502. The summed E-state index contributed by atoms with van der Waals surface area (Å²) < 4.78 is 1.56. The molecule has 1 fully saturated rings. The van der Waals surface area contributed by atoms with Crippen LogP contribution in [0.25, 0.3) is 5.95 Å². The first kappa shape index (κ1) is 13.7. The van der Waals surface area contributed by atoms with E-state index in [0.29, 0.717) is 17.8 Å². The largest absolute Gasteiger partial charge is 0.354 e. The van der Waals surface area contributed by atoms with Gasteiger partial charge in [-0.3, -0.25) is 0 Å². The van der Waals surface area contributed by atoms with Crippen LogP contribution in [0.2, 0.25) is 0 Å². The Balaban J connectivity index is 1.92. The summed E-state index contributed by atoms with van der Waals surface area (Å²) >= 11 is 0. The van der Waals surface area contributed by atoms with Crippen molar-refractivity contribution in [3.63, 3.8) is 0 Å². The van der Waals surface area contributed by atoms with Crippen LogP contribution in [-0.2, 0) is 0 Å². The third-order valence-corrected chi connectivity index (χ3v) is 3.41. The predicted octanol–water partition coefficient (Wildman–Crippen LogP) is 1.26. The Kier molecular flexibility index (Phi) is 4.23. The first-order chi connectivity index (χ1) is 10.4. The van der Waals surface area contributed by atoms with Crippen molar-refractivity contribution in [3.05, 3.63) is 12.7 Å². The Morgan fingerprint density at radius 2 is 1.90 bits per heavy atom. The van der Waals surface area contributed by atoms with Gasteiger partial charge in [-0.25, -0.2) is 4.98 Å². The van der Waals surface area contributed by atoms with Gasteiger partial charge in [0.15, 0.2) is 0 Å². The molecule has 3 heterocycles. The highest BCUT2D eigenvalue weighted by Gasteiger charge is 2.17. The first-order valence-electron chi connectivity index (χ1n) is 7.46. The lowest BCUT2D eigenvalue weighted by molar-refractivity contribution is 0.566. The average molecular weight is 288 g/mol. The average Bonchev–Trinajstić information content (AvgIpc) is 3.08. The molecule has 0 radical (unpaired) electrons. The molecule has 2 aromatic rings. The summed E-state index contributed by atoms with van der Waals surface area (Å²) in [5.41, 5.74) is 0. The lowest BCUT2D eigenvalue weighted by Crippen LogP contribution is -2.31. The maximum Gasteiger partial charge on any atom is 0.258 e. The fourth-order valence-corrected chi connectivity index (χ4v) is 2.32. The van der Waals surface area contributed by atoms with Gasteiger partial charge in [0.25, 0.3) is 5.95 Å². The molecule has 0 atom stereocenters. The van der Waals surface area contributed by atoms with E-state index in [1.165, 1.54) is 25.6 Å². The van der Waals surface area contributed by atoms with Crippen LogP contribution in [0.5, 0.6) is 0 Å². The van der Waals surface area contributed by atoms with Gasteiger partial charge in [0.05, 0.1) is 0 Å². The smallest absolute Gasteiger partial charge is 0.258 e. The number of hydrogen-bond donors (Lipinski definition) is 1. The lowest BCUT2D eigenvalue weighted by Gasteiger charge is -2.26. The molecule has 112 valence electrons. The second-order valence-corrected chi connectivity index (χ2v) is 5.07. The number of rotatable bonds is 5. The molecular formula is C13H20N8. The monoisotopic (exact) mass is 288 g/mol. The zero-order valence-corrected chi connectivity index (χ0v) is 12.2. The van der Waals surface area contributed by atoms with Gasteiger partial charge in [-0.2, -0.15) is 24.7 Å². The van der Waals surface area contributed by atoms with Crippen molar-refractivity contribution >= 4 is 11.9 Å². The zero-order valence-electron chi connectivity index (χ0n) is 12.2. The van der Waals surface area contributed by atoms with Crippen LogP contribution in [0.1, 0.15) is 32.6 Å². The lowest BCUT2D eigenvalue weighted by atomic mass is 10.1. The van der Waals surface area contributed by atoms with E-state index in [1.54, 1.807) is 11.0 Å². The molecule has 1 aliphatic heterocycles. The Bertz CT molecular complexity index is 562. The number of hydrogen-bond acceptors (Lipinski definition) is 7. The van der Waals surface area contributed by atoms with Crippen LogP contribution < -0.4 is 10.2 Å². The van der Waals surface area contributed by atoms with Gasteiger partial charge in [-0.15, -0.1) is 0 Å². The number of nitrogens with one attached hydrogen (secondary N) is 1. The van der Waals surface area contributed by atoms with E-state index in [-0.39, 0.29) is 0 Å². The number of anilines is 2. The van der Waals surface area contributed by atoms with E-state index in [1.807, 2.05) is 0 Å². The Labute approximate surface area is 123 Å². The SMILES string of the molecule is CCCNc1nc(N2CCCCC2)nc(-n2cncn2)n1. The fraction of sp³-hybridized carbons (Fsp3) is 0.615. The van der Waals surface area contributed by atoms with Crippen molar-refractivity contribution in [2.75, 3.05) is 29.9 Å². The molecule has 1 N–H and O–H groups in total. The first-order valence-corrected chi connectivity index (χ1v) is 7.46. The molecule has 0 saturated carbocycles. The van der Waals surface area contributed by atoms with Crippen LogP contribution >= 0.6 is 0 Å². The Morgan fingerprint density at radius 1 is 1.10 bits per heavy atom. The van der Waals surface area contributed by atoms with Crippen LogP contribution in [0.4, 0.5) is 11.9 Å². The summed E-state index contributed by atoms with van der Waals surface area (Å²) in [7, 11) is 0. The highest BCUT2D eigenvalue weighted by atomic mass is 15.4. The molecule has 0 unspecified atom stereocenters. The molecule has 0 spiro atoms. The Morgan fingerprint density at radius 3 is 2.62 bits per heavy atom. The summed E-state index contributed by atoms with van der Waals surface area (Å²) in [6.07, 6.45) is 7.73. The molecule has 8 nitrogen and oxygen atoms in total.